The summed E-state index contributed by atoms with van der Waals surface area (Å²) in [5.74, 6) is 0.839. The molecule has 6 nitrogen and oxygen atoms in total. The number of methoxy groups -OCH3 is 1. The highest BCUT2D eigenvalue weighted by molar-refractivity contribution is 7.99. The number of thioether (sulfide) groups is 1. The molecule has 1 unspecified atom stereocenters. The number of carbonyl (C=O) groups is 2. The Hall–Kier alpha value is -3.00. The number of ether oxygens (including phenoxy) is 1. The summed E-state index contributed by atoms with van der Waals surface area (Å²) in [6.45, 7) is 2.26. The number of halogens is 1. The fourth-order valence-corrected chi connectivity index (χ4v) is 4.86. The molecular weight excluding hydrogens is 470 g/mol. The van der Waals surface area contributed by atoms with Gasteiger partial charge in [0, 0.05) is 21.2 Å². The average Bonchev–Trinajstić information content (AvgIpc) is 2.97. The largest absolute Gasteiger partial charge is 0.497 e. The van der Waals surface area contributed by atoms with Crippen molar-refractivity contribution < 1.29 is 14.3 Å². The van der Waals surface area contributed by atoms with Crippen LogP contribution in [0.15, 0.2) is 71.6 Å². The van der Waals surface area contributed by atoms with Crippen molar-refractivity contribution in [1.29, 1.82) is 0 Å². The van der Waals surface area contributed by atoms with Gasteiger partial charge in [0.1, 0.15) is 5.75 Å². The van der Waals surface area contributed by atoms with Gasteiger partial charge in [-0.25, -0.2) is 0 Å². The van der Waals surface area contributed by atoms with Gasteiger partial charge < -0.3 is 20.7 Å². The summed E-state index contributed by atoms with van der Waals surface area (Å²) in [5, 5.41) is 3.66. The predicted molar refractivity (Wildman–Crippen MR) is 137 cm³/mol. The minimum absolute atomic E-state index is 0.176. The van der Waals surface area contributed by atoms with E-state index in [-0.39, 0.29) is 17.9 Å². The molecule has 3 aromatic rings. The van der Waals surface area contributed by atoms with Gasteiger partial charge in [-0.3, -0.25) is 9.59 Å². The number of anilines is 1. The van der Waals surface area contributed by atoms with E-state index in [2.05, 4.69) is 5.32 Å². The molecule has 0 bridgehead atoms. The van der Waals surface area contributed by atoms with Crippen molar-refractivity contribution in [3.8, 4) is 5.75 Å². The standard InChI is InChI=1S/C26H26ClN3O3S/c1-16(18-5-10-21(33-2)11-6-18)29-25(31)19-7-12-24-23(13-19)30(26(32)22(28)15-34-24)14-17-3-8-20(27)9-4-17/h3-13,16,22H,14-15,28H2,1-2H3,(H,29,31)/t16?,22-/m0/s1. The van der Waals surface area contributed by atoms with E-state index in [1.54, 1.807) is 36.3 Å². The quantitative estimate of drug-likeness (QED) is 0.513. The van der Waals surface area contributed by atoms with Crippen LogP contribution in [0.1, 0.15) is 34.5 Å². The first-order valence-electron chi connectivity index (χ1n) is 10.9. The van der Waals surface area contributed by atoms with Crippen LogP contribution in [0.5, 0.6) is 5.75 Å². The fraction of sp³-hybridized carbons (Fsp3) is 0.231. The molecule has 0 spiro atoms. The van der Waals surface area contributed by atoms with Crippen molar-refractivity contribution in [2.45, 2.75) is 30.4 Å². The van der Waals surface area contributed by atoms with E-state index >= 15 is 0 Å². The second kappa shape index (κ2) is 10.5. The molecule has 0 saturated carbocycles. The first kappa shape index (κ1) is 24.1. The second-order valence-corrected chi connectivity index (χ2v) is 9.62. The van der Waals surface area contributed by atoms with Crippen LogP contribution in [0.25, 0.3) is 0 Å². The van der Waals surface area contributed by atoms with E-state index in [4.69, 9.17) is 22.1 Å². The molecule has 8 heteroatoms. The zero-order valence-corrected chi connectivity index (χ0v) is 20.5. The molecule has 0 saturated heterocycles. The van der Waals surface area contributed by atoms with Crippen LogP contribution >= 0.6 is 23.4 Å². The van der Waals surface area contributed by atoms with Crippen LogP contribution in [0.2, 0.25) is 5.02 Å². The number of nitrogens with two attached hydrogens (primary N) is 1. The molecule has 0 fully saturated rings. The van der Waals surface area contributed by atoms with Crippen LogP contribution in [0.3, 0.4) is 0 Å². The highest BCUT2D eigenvalue weighted by atomic mass is 35.5. The lowest BCUT2D eigenvalue weighted by atomic mass is 10.1. The van der Waals surface area contributed by atoms with Crippen LogP contribution < -0.4 is 20.7 Å². The Morgan fingerprint density at radius 2 is 1.88 bits per heavy atom. The Labute approximate surface area is 208 Å². The average molecular weight is 496 g/mol. The highest BCUT2D eigenvalue weighted by Crippen LogP contribution is 2.36. The number of amides is 2. The molecule has 0 aromatic heterocycles. The molecule has 34 heavy (non-hydrogen) atoms. The summed E-state index contributed by atoms with van der Waals surface area (Å²) in [5.41, 5.74) is 9.20. The number of fused-ring (bicyclic) bond motifs is 1. The Kier molecular flexibility index (Phi) is 7.46. The summed E-state index contributed by atoms with van der Waals surface area (Å²) in [4.78, 5) is 28.8. The van der Waals surface area contributed by atoms with Gasteiger partial charge in [0.2, 0.25) is 5.91 Å². The molecule has 3 N–H and O–H groups in total. The smallest absolute Gasteiger partial charge is 0.251 e. The summed E-state index contributed by atoms with van der Waals surface area (Å²) in [6.07, 6.45) is 0. The zero-order valence-electron chi connectivity index (χ0n) is 19.0. The van der Waals surface area contributed by atoms with Gasteiger partial charge in [-0.2, -0.15) is 0 Å². The van der Waals surface area contributed by atoms with Crippen LogP contribution in [0, 0.1) is 0 Å². The fourth-order valence-electron chi connectivity index (χ4n) is 3.75. The molecule has 176 valence electrons. The normalized spacial score (nSPS) is 16.4. The van der Waals surface area contributed by atoms with E-state index in [9.17, 15) is 9.59 Å². The van der Waals surface area contributed by atoms with Crippen LogP contribution in [-0.4, -0.2) is 30.7 Å². The van der Waals surface area contributed by atoms with E-state index in [0.29, 0.717) is 28.6 Å². The maximum Gasteiger partial charge on any atom is 0.251 e. The van der Waals surface area contributed by atoms with Gasteiger partial charge in [0.15, 0.2) is 0 Å². The van der Waals surface area contributed by atoms with E-state index in [0.717, 1.165) is 21.8 Å². The zero-order chi connectivity index (χ0) is 24.2. The van der Waals surface area contributed by atoms with Gasteiger partial charge in [0.25, 0.3) is 5.91 Å². The van der Waals surface area contributed by atoms with Crippen molar-refractivity contribution in [3.63, 3.8) is 0 Å². The molecule has 0 aliphatic carbocycles. The minimum Gasteiger partial charge on any atom is -0.497 e. The maximum atomic E-state index is 13.1. The Bertz CT molecular complexity index is 1180. The van der Waals surface area contributed by atoms with E-state index < -0.39 is 6.04 Å². The van der Waals surface area contributed by atoms with Gasteiger partial charge >= 0.3 is 0 Å². The summed E-state index contributed by atoms with van der Waals surface area (Å²) >= 11 is 7.54. The van der Waals surface area contributed by atoms with Crippen LogP contribution in [-0.2, 0) is 11.3 Å². The third-order valence-electron chi connectivity index (χ3n) is 5.73. The number of nitrogens with zero attached hydrogens (tertiary/aromatic N) is 1. The Morgan fingerprint density at radius 3 is 2.56 bits per heavy atom. The summed E-state index contributed by atoms with van der Waals surface area (Å²) in [6, 6.07) is 19.5. The summed E-state index contributed by atoms with van der Waals surface area (Å²) in [7, 11) is 1.62. The molecule has 1 aliphatic heterocycles. The molecule has 3 aromatic carbocycles. The number of carbonyl (C=O) groups excluding carboxylic acids is 2. The van der Waals surface area contributed by atoms with Crippen molar-refractivity contribution in [2.75, 3.05) is 17.8 Å². The van der Waals surface area contributed by atoms with Gasteiger partial charge in [-0.1, -0.05) is 35.9 Å². The predicted octanol–water partition coefficient (Wildman–Crippen LogP) is 4.81. The third kappa shape index (κ3) is 5.38. The number of benzene rings is 3. The molecule has 0 radical (unpaired) electrons. The first-order valence-corrected chi connectivity index (χ1v) is 12.2. The Morgan fingerprint density at radius 1 is 1.18 bits per heavy atom. The summed E-state index contributed by atoms with van der Waals surface area (Å²) < 4.78 is 5.20. The van der Waals surface area contributed by atoms with Gasteiger partial charge in [0.05, 0.1) is 31.4 Å². The van der Waals surface area contributed by atoms with E-state index in [1.165, 1.54) is 11.8 Å². The Balaban J connectivity index is 1.59. The van der Waals surface area contributed by atoms with Crippen molar-refractivity contribution in [3.05, 3.63) is 88.4 Å². The monoisotopic (exact) mass is 495 g/mol. The van der Waals surface area contributed by atoms with Gasteiger partial charge in [-0.15, -0.1) is 11.8 Å². The SMILES string of the molecule is COc1ccc(C(C)NC(=O)c2ccc3c(c2)N(Cc2ccc(Cl)cc2)C(=O)[C@@H](N)CS3)cc1. The van der Waals surface area contributed by atoms with Gasteiger partial charge in [-0.05, 0) is 60.5 Å². The maximum absolute atomic E-state index is 13.1. The number of hydrogen-bond acceptors (Lipinski definition) is 5. The topological polar surface area (TPSA) is 84.7 Å². The number of rotatable bonds is 6. The molecule has 2 atom stereocenters. The second-order valence-electron chi connectivity index (χ2n) is 8.12. The minimum atomic E-state index is -0.628. The molecular formula is C26H26ClN3O3S. The van der Waals surface area contributed by atoms with Crippen molar-refractivity contribution in [2.24, 2.45) is 5.73 Å². The first-order chi connectivity index (χ1) is 16.4. The van der Waals surface area contributed by atoms with E-state index in [1.807, 2.05) is 49.4 Å². The molecule has 4 rings (SSSR count). The van der Waals surface area contributed by atoms with Crippen LogP contribution in [0.4, 0.5) is 5.69 Å². The number of hydrogen-bond donors (Lipinski definition) is 2. The highest BCUT2D eigenvalue weighted by Gasteiger charge is 2.29. The third-order valence-corrected chi connectivity index (χ3v) is 7.16. The molecule has 1 aliphatic rings. The lowest BCUT2D eigenvalue weighted by molar-refractivity contribution is -0.119. The number of nitrogens with one attached hydrogen (secondary N) is 1. The molecule has 2 amide bonds. The molecule has 1 heterocycles. The lowest BCUT2D eigenvalue weighted by Gasteiger charge is -2.25. The van der Waals surface area contributed by atoms with Crippen molar-refractivity contribution in [1.82, 2.24) is 5.32 Å². The van der Waals surface area contributed by atoms with Crippen molar-refractivity contribution >= 4 is 40.9 Å². The lowest BCUT2D eigenvalue weighted by Crippen LogP contribution is -2.44.